The van der Waals surface area contributed by atoms with Crippen LogP contribution in [0.3, 0.4) is 0 Å². The van der Waals surface area contributed by atoms with Crippen LogP contribution in [0.15, 0.2) is 48.5 Å². The Hall–Kier alpha value is -2.70. The quantitative estimate of drug-likeness (QED) is 0.939. The van der Waals surface area contributed by atoms with Crippen molar-refractivity contribution < 1.29 is 32.5 Å². The van der Waals surface area contributed by atoms with E-state index in [2.05, 4.69) is 4.74 Å². The Labute approximate surface area is 129 Å². The molecule has 2 aromatic rings. The third-order valence-corrected chi connectivity index (χ3v) is 3.57. The molecule has 1 N–H and O–H groups in total. The first kappa shape index (κ1) is 15.2. The number of carbonyl (C=O) groups is 1. The third-order valence-electron chi connectivity index (χ3n) is 3.57. The molecular formula is C16H11F3O4. The van der Waals surface area contributed by atoms with Gasteiger partial charge < -0.3 is 14.6 Å². The van der Waals surface area contributed by atoms with Crippen molar-refractivity contribution in [1.82, 2.24) is 0 Å². The minimum Gasteiger partial charge on any atom is -0.478 e. The van der Waals surface area contributed by atoms with Gasteiger partial charge in [0, 0.05) is 17.5 Å². The number of aliphatic carboxylic acids is 1. The monoisotopic (exact) mass is 324 g/mol. The summed E-state index contributed by atoms with van der Waals surface area (Å²) < 4.78 is 46.3. The predicted molar refractivity (Wildman–Crippen MR) is 73.2 cm³/mol. The van der Waals surface area contributed by atoms with E-state index in [1.807, 2.05) is 0 Å². The maximum atomic E-state index is 12.3. The fraction of sp³-hybridized carbons (Fsp3) is 0.188. The number of fused-ring (bicyclic) bond motifs is 1. The van der Waals surface area contributed by atoms with Crippen molar-refractivity contribution >= 4 is 5.97 Å². The van der Waals surface area contributed by atoms with E-state index in [1.165, 1.54) is 6.07 Å². The molecule has 120 valence electrons. The summed E-state index contributed by atoms with van der Waals surface area (Å²) in [5.41, 5.74) is -0.888. The lowest BCUT2D eigenvalue weighted by atomic mass is 9.89. The van der Waals surface area contributed by atoms with Gasteiger partial charge in [-0.25, -0.2) is 4.79 Å². The number of halogens is 3. The van der Waals surface area contributed by atoms with Gasteiger partial charge >= 0.3 is 12.3 Å². The van der Waals surface area contributed by atoms with Gasteiger partial charge in [-0.05, 0) is 18.2 Å². The van der Waals surface area contributed by atoms with Crippen molar-refractivity contribution in [2.45, 2.75) is 18.4 Å². The highest BCUT2D eigenvalue weighted by atomic mass is 19.4. The van der Waals surface area contributed by atoms with E-state index in [0.29, 0.717) is 11.1 Å². The lowest BCUT2D eigenvalue weighted by molar-refractivity contribution is -0.274. The fourth-order valence-electron chi connectivity index (χ4n) is 2.59. The molecule has 2 aromatic carbocycles. The first-order chi connectivity index (χ1) is 10.8. The number of alkyl halides is 3. The number of ether oxygens (including phenoxy) is 2. The molecule has 1 unspecified atom stereocenters. The minimum absolute atomic E-state index is 0.0866. The summed E-state index contributed by atoms with van der Waals surface area (Å²) in [6.45, 7) is 0. The van der Waals surface area contributed by atoms with Gasteiger partial charge in [0.05, 0.1) is 0 Å². The minimum atomic E-state index is -4.81. The van der Waals surface area contributed by atoms with Crippen LogP contribution in [0.5, 0.6) is 11.5 Å². The number of rotatable bonds is 3. The van der Waals surface area contributed by atoms with Crippen LogP contribution in [0.4, 0.5) is 13.2 Å². The molecule has 0 saturated carbocycles. The van der Waals surface area contributed by atoms with Crippen LogP contribution >= 0.6 is 0 Å². The van der Waals surface area contributed by atoms with E-state index in [4.69, 9.17) is 4.74 Å². The van der Waals surface area contributed by atoms with Crippen LogP contribution in [0.25, 0.3) is 0 Å². The summed E-state index contributed by atoms with van der Waals surface area (Å²) in [6.07, 6.45) is -4.90. The van der Waals surface area contributed by atoms with Crippen molar-refractivity contribution in [3.8, 4) is 11.5 Å². The maximum absolute atomic E-state index is 12.3. The molecule has 1 aliphatic rings. The molecule has 0 aliphatic carbocycles. The largest absolute Gasteiger partial charge is 0.573 e. The summed E-state index contributed by atoms with van der Waals surface area (Å²) in [5, 5.41) is 9.61. The zero-order valence-corrected chi connectivity index (χ0v) is 11.6. The zero-order chi connectivity index (χ0) is 16.7. The summed E-state index contributed by atoms with van der Waals surface area (Å²) in [7, 11) is 0. The summed E-state index contributed by atoms with van der Waals surface area (Å²) >= 11 is 0. The van der Waals surface area contributed by atoms with Crippen LogP contribution in [0.1, 0.15) is 11.1 Å². The van der Waals surface area contributed by atoms with E-state index < -0.39 is 23.7 Å². The second-order valence-corrected chi connectivity index (χ2v) is 5.09. The van der Waals surface area contributed by atoms with Gasteiger partial charge in [-0.2, -0.15) is 0 Å². The molecule has 23 heavy (non-hydrogen) atoms. The Kier molecular flexibility index (Phi) is 3.43. The third kappa shape index (κ3) is 2.81. The number of hydrogen-bond donors (Lipinski definition) is 1. The van der Waals surface area contributed by atoms with Crippen LogP contribution in [-0.2, 0) is 16.8 Å². The molecule has 1 aliphatic heterocycles. The molecule has 0 aromatic heterocycles. The number of carboxylic acid groups (broad SMARTS) is 1. The summed E-state index contributed by atoms with van der Waals surface area (Å²) in [5.74, 6) is -1.39. The van der Waals surface area contributed by atoms with E-state index in [0.717, 1.165) is 12.1 Å². The van der Waals surface area contributed by atoms with Gasteiger partial charge in [-0.1, -0.05) is 30.3 Å². The number of benzene rings is 2. The van der Waals surface area contributed by atoms with Gasteiger partial charge in [0.1, 0.15) is 11.5 Å². The van der Waals surface area contributed by atoms with Crippen LogP contribution in [-0.4, -0.2) is 17.4 Å². The number of carboxylic acids is 1. The highest BCUT2D eigenvalue weighted by Crippen LogP contribution is 2.43. The molecule has 1 heterocycles. The zero-order valence-electron chi connectivity index (χ0n) is 11.6. The average Bonchev–Trinajstić information content (AvgIpc) is 2.86. The molecule has 0 spiro atoms. The van der Waals surface area contributed by atoms with Gasteiger partial charge in [0.15, 0.2) is 0 Å². The molecule has 1 atom stereocenters. The fourth-order valence-corrected chi connectivity index (χ4v) is 2.59. The van der Waals surface area contributed by atoms with Gasteiger partial charge in [0.2, 0.25) is 5.60 Å². The van der Waals surface area contributed by atoms with Crippen molar-refractivity contribution in [3.05, 3.63) is 59.7 Å². The Morgan fingerprint density at radius 1 is 1.17 bits per heavy atom. The van der Waals surface area contributed by atoms with Gasteiger partial charge in [-0.3, -0.25) is 0 Å². The molecule has 0 bridgehead atoms. The highest BCUT2D eigenvalue weighted by molar-refractivity contribution is 5.82. The Morgan fingerprint density at radius 2 is 1.87 bits per heavy atom. The first-order valence-electron chi connectivity index (χ1n) is 6.67. The molecule has 0 saturated heterocycles. The van der Waals surface area contributed by atoms with Crippen LogP contribution in [0, 0.1) is 0 Å². The van der Waals surface area contributed by atoms with E-state index in [1.54, 1.807) is 30.3 Å². The average molecular weight is 324 g/mol. The van der Waals surface area contributed by atoms with Crippen molar-refractivity contribution in [2.75, 3.05) is 0 Å². The predicted octanol–water partition coefficient (Wildman–Crippen LogP) is 3.50. The van der Waals surface area contributed by atoms with Crippen molar-refractivity contribution in [1.29, 1.82) is 0 Å². The smallest absolute Gasteiger partial charge is 0.478 e. The topological polar surface area (TPSA) is 55.8 Å². The Balaban J connectivity index is 1.97. The van der Waals surface area contributed by atoms with Gasteiger partial charge in [-0.15, -0.1) is 13.2 Å². The molecule has 0 amide bonds. The van der Waals surface area contributed by atoms with E-state index in [-0.39, 0.29) is 12.2 Å². The summed E-state index contributed by atoms with van der Waals surface area (Å²) in [6, 6.07) is 11.8. The maximum Gasteiger partial charge on any atom is 0.573 e. The second kappa shape index (κ2) is 5.19. The molecule has 7 heteroatoms. The first-order valence-corrected chi connectivity index (χ1v) is 6.67. The second-order valence-electron chi connectivity index (χ2n) is 5.09. The lowest BCUT2D eigenvalue weighted by Gasteiger charge is -2.24. The lowest BCUT2D eigenvalue weighted by Crippen LogP contribution is -2.40. The van der Waals surface area contributed by atoms with Crippen LogP contribution in [0.2, 0.25) is 0 Å². The SMILES string of the molecule is O=C(O)C1(c2ccccc2)Cc2cc(OC(F)(F)F)ccc2O1. The summed E-state index contributed by atoms with van der Waals surface area (Å²) in [4.78, 5) is 11.8. The van der Waals surface area contributed by atoms with Gasteiger partial charge in [0.25, 0.3) is 0 Å². The normalized spacial score (nSPS) is 19.8. The Morgan fingerprint density at radius 3 is 2.48 bits per heavy atom. The Bertz CT molecular complexity index is 743. The van der Waals surface area contributed by atoms with Crippen molar-refractivity contribution in [2.24, 2.45) is 0 Å². The molecule has 3 rings (SSSR count). The number of hydrogen-bond acceptors (Lipinski definition) is 3. The highest BCUT2D eigenvalue weighted by Gasteiger charge is 2.48. The standard InChI is InChI=1S/C16H11F3O4/c17-16(18,19)22-12-6-7-13-10(8-12)9-15(23-13,14(20)21)11-4-2-1-3-5-11/h1-8H,9H2,(H,20,21). The molecule has 4 nitrogen and oxygen atoms in total. The van der Waals surface area contributed by atoms with E-state index in [9.17, 15) is 23.1 Å². The molecule has 0 fully saturated rings. The van der Waals surface area contributed by atoms with Crippen LogP contribution < -0.4 is 9.47 Å². The van der Waals surface area contributed by atoms with Crippen molar-refractivity contribution in [3.63, 3.8) is 0 Å². The van der Waals surface area contributed by atoms with E-state index >= 15 is 0 Å². The molecule has 0 radical (unpaired) electrons. The molecular weight excluding hydrogens is 313 g/mol.